The SMILES string of the molecule is CCCCCCCCC/C=C/CCCCCCCC(=O)OC(CCCCCCCCCCCCCCC)CC(=O)NC(CO)C(O)CCCCCCCCCCCCCC. The molecule has 0 bridgehead atoms. The smallest absolute Gasteiger partial charge is 0.306 e. The highest BCUT2D eigenvalue weighted by atomic mass is 16.5. The molecule has 0 fully saturated rings. The molecule has 6 nitrogen and oxygen atoms in total. The van der Waals surface area contributed by atoms with Crippen LogP contribution in [0.3, 0.4) is 0 Å². The van der Waals surface area contributed by atoms with Gasteiger partial charge in [0.05, 0.1) is 25.2 Å². The van der Waals surface area contributed by atoms with Crippen LogP contribution in [-0.4, -0.2) is 46.9 Å². The second kappa shape index (κ2) is 48.6. The minimum atomic E-state index is -0.782. The largest absolute Gasteiger partial charge is 0.462 e. The molecule has 0 aliphatic rings. The predicted octanol–water partition coefficient (Wildman–Crippen LogP) is 16.1. The van der Waals surface area contributed by atoms with Crippen LogP contribution in [0.1, 0.15) is 297 Å². The van der Waals surface area contributed by atoms with Gasteiger partial charge in [0.15, 0.2) is 0 Å². The molecule has 6 heteroatoms. The first-order valence-electron chi connectivity index (χ1n) is 26.9. The van der Waals surface area contributed by atoms with Crippen LogP contribution in [0.4, 0.5) is 0 Å². The van der Waals surface area contributed by atoms with Gasteiger partial charge in [0.2, 0.25) is 5.91 Å². The van der Waals surface area contributed by atoms with Crippen molar-refractivity contribution < 1.29 is 24.5 Å². The highest BCUT2D eigenvalue weighted by molar-refractivity contribution is 5.77. The Morgan fingerprint density at radius 3 is 1.18 bits per heavy atom. The lowest BCUT2D eigenvalue weighted by Gasteiger charge is -2.24. The van der Waals surface area contributed by atoms with Crippen LogP contribution in [-0.2, 0) is 14.3 Å². The molecule has 0 aromatic heterocycles. The summed E-state index contributed by atoms with van der Waals surface area (Å²) in [4.78, 5) is 26.2. The number of hydrogen-bond acceptors (Lipinski definition) is 5. The molecule has 0 radical (unpaired) electrons. The fourth-order valence-electron chi connectivity index (χ4n) is 8.49. The Hall–Kier alpha value is -1.40. The second-order valence-electron chi connectivity index (χ2n) is 18.6. The molecule has 0 rings (SSSR count). The number of aliphatic hydroxyl groups is 2. The first kappa shape index (κ1) is 58.6. The average Bonchev–Trinajstić information content (AvgIpc) is 3.24. The van der Waals surface area contributed by atoms with Crippen LogP contribution in [0, 0.1) is 0 Å². The van der Waals surface area contributed by atoms with Gasteiger partial charge < -0.3 is 20.3 Å². The number of ether oxygens (including phenoxy) is 1. The van der Waals surface area contributed by atoms with E-state index in [1.54, 1.807) is 0 Å². The Kier molecular flexibility index (Phi) is 47.5. The lowest BCUT2D eigenvalue weighted by Crippen LogP contribution is -2.46. The van der Waals surface area contributed by atoms with Crippen LogP contribution < -0.4 is 5.32 Å². The van der Waals surface area contributed by atoms with Gasteiger partial charge in [-0.05, 0) is 51.4 Å². The van der Waals surface area contributed by atoms with Gasteiger partial charge in [-0.15, -0.1) is 0 Å². The minimum Gasteiger partial charge on any atom is -0.462 e. The summed E-state index contributed by atoms with van der Waals surface area (Å²) in [5, 5.41) is 23.8. The van der Waals surface area contributed by atoms with Crippen molar-refractivity contribution in [2.24, 2.45) is 0 Å². The molecule has 3 N–H and O–H groups in total. The van der Waals surface area contributed by atoms with Crippen molar-refractivity contribution >= 4 is 11.9 Å². The maximum Gasteiger partial charge on any atom is 0.306 e. The minimum absolute atomic E-state index is 0.0816. The van der Waals surface area contributed by atoms with Crippen LogP contribution in [0.15, 0.2) is 12.2 Å². The Bertz CT molecular complexity index is 909. The molecule has 1 amide bonds. The molecule has 0 saturated carbocycles. The van der Waals surface area contributed by atoms with Crippen LogP contribution >= 0.6 is 0 Å². The Morgan fingerprint density at radius 2 is 0.800 bits per heavy atom. The lowest BCUT2D eigenvalue weighted by molar-refractivity contribution is -0.151. The Morgan fingerprint density at radius 1 is 0.467 bits per heavy atom. The van der Waals surface area contributed by atoms with Crippen LogP contribution in [0.25, 0.3) is 0 Å². The third-order valence-corrected chi connectivity index (χ3v) is 12.6. The van der Waals surface area contributed by atoms with E-state index in [0.29, 0.717) is 19.3 Å². The van der Waals surface area contributed by atoms with Gasteiger partial charge in [0, 0.05) is 6.42 Å². The maximum absolute atomic E-state index is 13.2. The maximum atomic E-state index is 13.2. The van der Waals surface area contributed by atoms with Gasteiger partial charge in [-0.3, -0.25) is 9.59 Å². The van der Waals surface area contributed by atoms with E-state index in [4.69, 9.17) is 4.74 Å². The summed E-state index contributed by atoms with van der Waals surface area (Å²) in [6.45, 7) is 6.50. The first-order chi connectivity index (χ1) is 29.5. The molecule has 0 aliphatic carbocycles. The zero-order valence-corrected chi connectivity index (χ0v) is 40.6. The average molecular weight is 848 g/mol. The molecule has 0 saturated heterocycles. The molecule has 3 atom stereocenters. The summed E-state index contributed by atoms with van der Waals surface area (Å²) in [5.74, 6) is -0.465. The quantitative estimate of drug-likeness (QED) is 0.0322. The fourth-order valence-corrected chi connectivity index (χ4v) is 8.49. The molecule has 0 spiro atoms. The topological polar surface area (TPSA) is 95.9 Å². The highest BCUT2D eigenvalue weighted by Crippen LogP contribution is 2.18. The molecular formula is C54H105NO5. The van der Waals surface area contributed by atoms with E-state index in [0.717, 1.165) is 51.4 Å². The number of nitrogens with one attached hydrogen (secondary N) is 1. The molecule has 60 heavy (non-hydrogen) atoms. The predicted molar refractivity (Wildman–Crippen MR) is 260 cm³/mol. The normalized spacial score (nSPS) is 13.2. The number of carbonyl (C=O) groups excluding carboxylic acids is 2. The number of aliphatic hydroxyl groups excluding tert-OH is 2. The van der Waals surface area contributed by atoms with E-state index in [2.05, 4.69) is 38.2 Å². The van der Waals surface area contributed by atoms with Gasteiger partial charge in [0.25, 0.3) is 0 Å². The zero-order valence-electron chi connectivity index (χ0n) is 40.6. The molecule has 356 valence electrons. The standard InChI is InChI=1S/C54H105NO5/c1-4-7-10-13-16-19-22-25-26-27-29-32-35-38-41-44-47-54(59)60-50(45-42-39-36-33-30-28-23-20-17-14-11-8-5-2)48-53(58)55-51(49-56)52(57)46-43-40-37-34-31-24-21-18-15-12-9-6-3/h26-27,50-52,56-57H,4-25,28-49H2,1-3H3,(H,55,58)/b27-26+. The van der Waals surface area contributed by atoms with E-state index in [1.165, 1.54) is 199 Å². The van der Waals surface area contributed by atoms with E-state index in [-0.39, 0.29) is 24.9 Å². The van der Waals surface area contributed by atoms with Crippen molar-refractivity contribution in [2.45, 2.75) is 315 Å². The summed E-state index contributed by atoms with van der Waals surface area (Å²) >= 11 is 0. The summed E-state index contributed by atoms with van der Waals surface area (Å²) in [6, 6.07) is -0.696. The third-order valence-electron chi connectivity index (χ3n) is 12.6. The van der Waals surface area contributed by atoms with Crippen molar-refractivity contribution in [1.82, 2.24) is 5.32 Å². The molecule has 0 aromatic carbocycles. The number of unbranched alkanes of at least 4 members (excludes halogenated alkanes) is 35. The van der Waals surface area contributed by atoms with Gasteiger partial charge in [0.1, 0.15) is 6.10 Å². The van der Waals surface area contributed by atoms with Gasteiger partial charge in [-0.1, -0.05) is 245 Å². The molecule has 0 heterocycles. The number of esters is 1. The highest BCUT2D eigenvalue weighted by Gasteiger charge is 2.24. The lowest BCUT2D eigenvalue weighted by atomic mass is 10.0. The van der Waals surface area contributed by atoms with Crippen LogP contribution in [0.5, 0.6) is 0 Å². The Balaban J connectivity index is 4.53. The van der Waals surface area contributed by atoms with Crippen molar-refractivity contribution in [1.29, 1.82) is 0 Å². The van der Waals surface area contributed by atoms with E-state index in [1.807, 2.05) is 0 Å². The van der Waals surface area contributed by atoms with Crippen molar-refractivity contribution in [3.63, 3.8) is 0 Å². The van der Waals surface area contributed by atoms with Crippen molar-refractivity contribution in [2.75, 3.05) is 6.61 Å². The number of rotatable bonds is 49. The van der Waals surface area contributed by atoms with E-state index < -0.39 is 18.2 Å². The summed E-state index contributed by atoms with van der Waals surface area (Å²) in [7, 11) is 0. The number of hydrogen-bond donors (Lipinski definition) is 3. The summed E-state index contributed by atoms with van der Waals surface area (Å²) in [5.41, 5.74) is 0. The fraction of sp³-hybridized carbons (Fsp3) is 0.926. The van der Waals surface area contributed by atoms with Crippen LogP contribution in [0.2, 0.25) is 0 Å². The first-order valence-corrected chi connectivity index (χ1v) is 26.9. The van der Waals surface area contributed by atoms with Crippen molar-refractivity contribution in [3.8, 4) is 0 Å². The Labute approximate surface area is 374 Å². The summed E-state index contributed by atoms with van der Waals surface area (Å²) < 4.78 is 5.94. The monoisotopic (exact) mass is 848 g/mol. The zero-order chi connectivity index (χ0) is 43.8. The molecule has 0 aromatic rings. The number of amides is 1. The van der Waals surface area contributed by atoms with E-state index in [9.17, 15) is 19.8 Å². The molecular weight excluding hydrogens is 743 g/mol. The number of carbonyl (C=O) groups is 2. The van der Waals surface area contributed by atoms with E-state index >= 15 is 0 Å². The third kappa shape index (κ3) is 43.3. The van der Waals surface area contributed by atoms with Crippen molar-refractivity contribution in [3.05, 3.63) is 12.2 Å². The molecule has 0 aliphatic heterocycles. The summed E-state index contributed by atoms with van der Waals surface area (Å²) in [6.07, 6.45) is 54.1. The molecule has 3 unspecified atom stereocenters. The van der Waals surface area contributed by atoms with Gasteiger partial charge >= 0.3 is 5.97 Å². The number of allylic oxidation sites excluding steroid dienone is 2. The van der Waals surface area contributed by atoms with Gasteiger partial charge in [-0.2, -0.15) is 0 Å². The second-order valence-corrected chi connectivity index (χ2v) is 18.6. The van der Waals surface area contributed by atoms with Gasteiger partial charge in [-0.25, -0.2) is 0 Å².